The van der Waals surface area contributed by atoms with E-state index in [0.29, 0.717) is 5.56 Å². The molecule has 1 atom stereocenters. The molecule has 0 spiro atoms. The number of rotatable bonds is 3. The van der Waals surface area contributed by atoms with Gasteiger partial charge in [0.2, 0.25) is 0 Å². The van der Waals surface area contributed by atoms with Crippen molar-refractivity contribution in [2.24, 2.45) is 0 Å². The van der Waals surface area contributed by atoms with E-state index in [-0.39, 0.29) is 5.78 Å². The Balaban J connectivity index is 3.16. The van der Waals surface area contributed by atoms with E-state index in [2.05, 4.69) is 15.9 Å². The highest BCUT2D eigenvalue weighted by atomic mass is 79.9. The van der Waals surface area contributed by atoms with Gasteiger partial charge < -0.3 is 0 Å². The molecule has 14 heavy (non-hydrogen) atoms. The average molecular weight is 294 g/mol. The summed E-state index contributed by atoms with van der Waals surface area (Å²) >= 11 is 10.8. The van der Waals surface area contributed by atoms with Crippen molar-refractivity contribution in [2.75, 3.05) is 6.26 Å². The number of alkyl halides is 1. The fourth-order valence-corrected chi connectivity index (χ4v) is 2.64. The lowest BCUT2D eigenvalue weighted by Crippen LogP contribution is -2.11. The number of hydrogen-bond donors (Lipinski definition) is 0. The minimum atomic E-state index is -0.483. The third-order valence-electron chi connectivity index (χ3n) is 1.81. The van der Waals surface area contributed by atoms with Crippen LogP contribution in [0.5, 0.6) is 0 Å². The van der Waals surface area contributed by atoms with Gasteiger partial charge in [0.1, 0.15) is 0 Å². The van der Waals surface area contributed by atoms with Gasteiger partial charge in [0, 0.05) is 14.9 Å². The summed E-state index contributed by atoms with van der Waals surface area (Å²) in [4.78, 5) is 12.7. The molecule has 0 aliphatic carbocycles. The first-order chi connectivity index (χ1) is 6.57. The van der Waals surface area contributed by atoms with Crippen LogP contribution in [0.2, 0.25) is 0 Å². The maximum Gasteiger partial charge on any atom is 0.181 e. The van der Waals surface area contributed by atoms with Gasteiger partial charge in [-0.15, -0.1) is 23.4 Å². The second kappa shape index (κ2) is 5.19. The number of Topliss-reactive ketones (excluding diaryl/α,β-unsaturated/α-hetero) is 1. The molecule has 0 saturated carbocycles. The molecule has 0 aliphatic rings. The average Bonchev–Trinajstić information content (AvgIpc) is 2.17. The van der Waals surface area contributed by atoms with Crippen LogP contribution in [0, 0.1) is 0 Å². The quantitative estimate of drug-likeness (QED) is 0.476. The summed E-state index contributed by atoms with van der Waals surface area (Å²) in [6.07, 6.45) is 1.97. The van der Waals surface area contributed by atoms with E-state index in [1.165, 1.54) is 0 Å². The summed E-state index contributed by atoms with van der Waals surface area (Å²) in [5.41, 5.74) is 0.652. The fourth-order valence-electron chi connectivity index (χ4n) is 1.07. The monoisotopic (exact) mass is 292 g/mol. The van der Waals surface area contributed by atoms with Crippen LogP contribution in [0.4, 0.5) is 0 Å². The first kappa shape index (κ1) is 12.1. The van der Waals surface area contributed by atoms with Gasteiger partial charge in [-0.1, -0.05) is 12.1 Å². The van der Waals surface area contributed by atoms with Crippen LogP contribution in [0.3, 0.4) is 0 Å². The third-order valence-corrected chi connectivity index (χ3v) is 3.90. The number of carbonyl (C=O) groups is 1. The predicted octanol–water partition coefficient (Wildman–Crippen LogP) is 3.98. The lowest BCUT2D eigenvalue weighted by molar-refractivity contribution is 0.0991. The second-order valence-corrected chi connectivity index (χ2v) is 5.10. The van der Waals surface area contributed by atoms with Gasteiger partial charge >= 0.3 is 0 Å². The van der Waals surface area contributed by atoms with Gasteiger partial charge in [-0.3, -0.25) is 4.79 Å². The molecular weight excluding hydrogens is 284 g/mol. The zero-order chi connectivity index (χ0) is 10.7. The van der Waals surface area contributed by atoms with Gasteiger partial charge in [0.05, 0.1) is 5.38 Å². The van der Waals surface area contributed by atoms with Crippen LogP contribution in [0.1, 0.15) is 17.3 Å². The first-order valence-electron chi connectivity index (χ1n) is 4.08. The van der Waals surface area contributed by atoms with Gasteiger partial charge in [-0.2, -0.15) is 0 Å². The molecule has 1 aromatic carbocycles. The zero-order valence-corrected chi connectivity index (χ0v) is 11.0. The Bertz CT molecular complexity index is 352. The molecule has 1 unspecified atom stereocenters. The predicted molar refractivity (Wildman–Crippen MR) is 65.6 cm³/mol. The van der Waals surface area contributed by atoms with E-state index in [0.717, 1.165) is 9.37 Å². The molecule has 4 heteroatoms. The molecule has 0 radical (unpaired) electrons. The molecule has 0 saturated heterocycles. The minimum absolute atomic E-state index is 0.0468. The number of carbonyl (C=O) groups excluding carboxylic acids is 1. The second-order valence-electron chi connectivity index (χ2n) is 2.80. The molecule has 0 amide bonds. The van der Waals surface area contributed by atoms with E-state index in [1.807, 2.05) is 18.4 Å². The standard InChI is InChI=1S/C10H10BrClOS/c1-6(12)10(13)7-4-3-5-8(14-2)9(7)11/h3-6H,1-2H3. The van der Waals surface area contributed by atoms with E-state index < -0.39 is 5.38 Å². The van der Waals surface area contributed by atoms with Crippen LogP contribution < -0.4 is 0 Å². The lowest BCUT2D eigenvalue weighted by Gasteiger charge is -2.08. The lowest BCUT2D eigenvalue weighted by atomic mass is 10.1. The highest BCUT2D eigenvalue weighted by Crippen LogP contribution is 2.30. The Kier molecular flexibility index (Phi) is 4.48. The molecule has 1 rings (SSSR count). The SMILES string of the molecule is CSc1cccc(C(=O)C(C)Cl)c1Br. The van der Waals surface area contributed by atoms with Crippen molar-refractivity contribution in [1.82, 2.24) is 0 Å². The van der Waals surface area contributed by atoms with Gasteiger partial charge in [-0.05, 0) is 35.2 Å². The normalized spacial score (nSPS) is 12.6. The Morgan fingerprint density at radius 1 is 1.57 bits per heavy atom. The van der Waals surface area contributed by atoms with Crippen molar-refractivity contribution in [3.63, 3.8) is 0 Å². The van der Waals surface area contributed by atoms with Crippen molar-refractivity contribution in [3.05, 3.63) is 28.2 Å². The smallest absolute Gasteiger partial charge is 0.181 e. The van der Waals surface area contributed by atoms with Crippen molar-refractivity contribution >= 4 is 45.1 Å². The molecule has 1 aromatic rings. The van der Waals surface area contributed by atoms with E-state index in [1.54, 1.807) is 24.8 Å². The maximum absolute atomic E-state index is 11.7. The summed E-state index contributed by atoms with van der Waals surface area (Å²) in [6, 6.07) is 5.61. The van der Waals surface area contributed by atoms with Crippen LogP contribution in [-0.2, 0) is 0 Å². The molecular formula is C10H10BrClOS. The van der Waals surface area contributed by atoms with E-state index in [9.17, 15) is 4.79 Å². The van der Waals surface area contributed by atoms with Crippen molar-refractivity contribution in [3.8, 4) is 0 Å². The molecule has 0 fully saturated rings. The summed E-state index contributed by atoms with van der Waals surface area (Å²) < 4.78 is 0.838. The van der Waals surface area contributed by atoms with Crippen LogP contribution in [0.15, 0.2) is 27.6 Å². The first-order valence-corrected chi connectivity index (χ1v) is 6.54. The summed E-state index contributed by atoms with van der Waals surface area (Å²) in [7, 11) is 0. The largest absolute Gasteiger partial charge is 0.292 e. The topological polar surface area (TPSA) is 17.1 Å². The van der Waals surface area contributed by atoms with Crippen molar-refractivity contribution < 1.29 is 4.79 Å². The Morgan fingerprint density at radius 2 is 2.21 bits per heavy atom. The van der Waals surface area contributed by atoms with Crippen LogP contribution in [-0.4, -0.2) is 17.4 Å². The Hall–Kier alpha value is 0.01000. The van der Waals surface area contributed by atoms with Crippen LogP contribution >= 0.6 is 39.3 Å². The Labute approximate surface area is 101 Å². The van der Waals surface area contributed by atoms with E-state index >= 15 is 0 Å². The summed E-state index contributed by atoms with van der Waals surface area (Å²) in [5, 5.41) is -0.483. The number of benzene rings is 1. The van der Waals surface area contributed by atoms with Gasteiger partial charge in [0.25, 0.3) is 0 Å². The summed E-state index contributed by atoms with van der Waals surface area (Å²) in [5.74, 6) is -0.0468. The molecule has 0 aliphatic heterocycles. The zero-order valence-electron chi connectivity index (χ0n) is 7.88. The fraction of sp³-hybridized carbons (Fsp3) is 0.300. The number of ketones is 1. The number of halogens is 2. The molecule has 0 heterocycles. The van der Waals surface area contributed by atoms with Crippen molar-refractivity contribution in [1.29, 1.82) is 0 Å². The van der Waals surface area contributed by atoms with Crippen molar-refractivity contribution in [2.45, 2.75) is 17.2 Å². The number of hydrogen-bond acceptors (Lipinski definition) is 2. The van der Waals surface area contributed by atoms with Crippen LogP contribution in [0.25, 0.3) is 0 Å². The molecule has 76 valence electrons. The highest BCUT2D eigenvalue weighted by molar-refractivity contribution is 9.10. The molecule has 0 N–H and O–H groups in total. The van der Waals surface area contributed by atoms with E-state index in [4.69, 9.17) is 11.6 Å². The maximum atomic E-state index is 11.7. The Morgan fingerprint density at radius 3 is 2.71 bits per heavy atom. The summed E-state index contributed by atoms with van der Waals surface area (Å²) in [6.45, 7) is 1.68. The molecule has 0 bridgehead atoms. The van der Waals surface area contributed by atoms with Gasteiger partial charge in [-0.25, -0.2) is 0 Å². The highest BCUT2D eigenvalue weighted by Gasteiger charge is 2.16. The third kappa shape index (κ3) is 2.53. The minimum Gasteiger partial charge on any atom is -0.292 e. The molecule has 0 aromatic heterocycles. The molecule has 1 nitrogen and oxygen atoms in total. The van der Waals surface area contributed by atoms with Gasteiger partial charge in [0.15, 0.2) is 5.78 Å². The number of thioether (sulfide) groups is 1.